The van der Waals surface area contributed by atoms with Crippen LogP contribution in [0.4, 0.5) is 10.1 Å². The first-order valence-corrected chi connectivity index (χ1v) is 7.32. The Kier molecular flexibility index (Phi) is 5.09. The summed E-state index contributed by atoms with van der Waals surface area (Å²) in [4.78, 5) is -0.480. The van der Waals surface area contributed by atoms with E-state index in [1.807, 2.05) is 0 Å². The highest BCUT2D eigenvalue weighted by atomic mass is 79.9. The van der Waals surface area contributed by atoms with Gasteiger partial charge in [-0.15, -0.1) is 0 Å². The predicted octanol–water partition coefficient (Wildman–Crippen LogP) is 1.48. The van der Waals surface area contributed by atoms with E-state index < -0.39 is 20.7 Å². The average molecular weight is 341 g/mol. The fourth-order valence-electron chi connectivity index (χ4n) is 1.14. The Hall–Kier alpha value is -0.700. The molecule has 0 aliphatic heterocycles. The quantitative estimate of drug-likeness (QED) is 0.795. The number of nitrogen functional groups attached to an aromatic ring is 1. The van der Waals surface area contributed by atoms with Crippen LogP contribution in [0.15, 0.2) is 21.5 Å². The second-order valence-electron chi connectivity index (χ2n) is 3.70. The van der Waals surface area contributed by atoms with Crippen molar-refractivity contribution in [3.05, 3.63) is 22.4 Å². The van der Waals surface area contributed by atoms with Crippen molar-refractivity contribution in [3.8, 4) is 0 Å². The molecule has 18 heavy (non-hydrogen) atoms. The molecule has 3 N–H and O–H groups in total. The predicted molar refractivity (Wildman–Crippen MR) is 70.2 cm³/mol. The van der Waals surface area contributed by atoms with Crippen molar-refractivity contribution in [1.29, 1.82) is 0 Å². The minimum Gasteiger partial charge on any atom is -0.398 e. The van der Waals surface area contributed by atoms with Gasteiger partial charge in [-0.2, -0.15) is 0 Å². The molecular weight excluding hydrogens is 327 g/mol. The van der Waals surface area contributed by atoms with E-state index in [1.54, 1.807) is 6.92 Å². The Morgan fingerprint density at radius 2 is 2.17 bits per heavy atom. The molecule has 8 heteroatoms. The monoisotopic (exact) mass is 340 g/mol. The summed E-state index contributed by atoms with van der Waals surface area (Å²) in [5, 5.41) is 0. The van der Waals surface area contributed by atoms with Crippen molar-refractivity contribution in [3.63, 3.8) is 0 Å². The number of methoxy groups -OCH3 is 1. The Morgan fingerprint density at radius 3 is 2.72 bits per heavy atom. The van der Waals surface area contributed by atoms with Crippen LogP contribution in [-0.4, -0.2) is 28.2 Å². The van der Waals surface area contributed by atoms with Crippen molar-refractivity contribution >= 4 is 31.6 Å². The van der Waals surface area contributed by atoms with Gasteiger partial charge in [0.05, 0.1) is 6.10 Å². The summed E-state index contributed by atoms with van der Waals surface area (Å²) in [6.45, 7) is 1.74. The number of ether oxygens (including phenoxy) is 1. The number of halogens is 2. The van der Waals surface area contributed by atoms with Crippen LogP contribution < -0.4 is 10.5 Å². The summed E-state index contributed by atoms with van der Waals surface area (Å²) in [7, 11) is -2.49. The van der Waals surface area contributed by atoms with Gasteiger partial charge in [-0.05, 0) is 35.0 Å². The van der Waals surface area contributed by atoms with Crippen molar-refractivity contribution < 1.29 is 17.5 Å². The molecule has 5 nitrogen and oxygen atoms in total. The van der Waals surface area contributed by atoms with Gasteiger partial charge in [0, 0.05) is 23.8 Å². The molecule has 102 valence electrons. The van der Waals surface area contributed by atoms with Crippen LogP contribution in [0.3, 0.4) is 0 Å². The molecule has 0 aliphatic carbocycles. The van der Waals surface area contributed by atoms with Crippen LogP contribution in [0.25, 0.3) is 0 Å². The highest BCUT2D eigenvalue weighted by Gasteiger charge is 2.21. The van der Waals surface area contributed by atoms with E-state index in [2.05, 4.69) is 20.7 Å². The Morgan fingerprint density at radius 1 is 1.56 bits per heavy atom. The first kappa shape index (κ1) is 15.4. The minimum absolute atomic E-state index is 0.0498. The highest BCUT2D eigenvalue weighted by Crippen LogP contribution is 2.25. The van der Waals surface area contributed by atoms with Gasteiger partial charge in [-0.25, -0.2) is 17.5 Å². The number of sulfonamides is 1. The van der Waals surface area contributed by atoms with Crippen molar-refractivity contribution in [1.82, 2.24) is 4.72 Å². The fraction of sp³-hybridized carbons (Fsp3) is 0.400. The Bertz CT molecular complexity index is 536. The lowest BCUT2D eigenvalue weighted by Gasteiger charge is -2.12. The van der Waals surface area contributed by atoms with E-state index in [0.29, 0.717) is 4.47 Å². The van der Waals surface area contributed by atoms with E-state index in [4.69, 9.17) is 10.5 Å². The number of hydrogen-bond acceptors (Lipinski definition) is 4. The number of nitrogens with one attached hydrogen (secondary N) is 1. The van der Waals surface area contributed by atoms with E-state index in [1.165, 1.54) is 7.11 Å². The Balaban J connectivity index is 3.02. The van der Waals surface area contributed by atoms with Gasteiger partial charge in [0.1, 0.15) is 10.7 Å². The molecule has 0 heterocycles. The van der Waals surface area contributed by atoms with E-state index in [9.17, 15) is 12.8 Å². The third kappa shape index (κ3) is 3.64. The zero-order valence-corrected chi connectivity index (χ0v) is 12.3. The first-order chi connectivity index (χ1) is 8.27. The minimum atomic E-state index is -3.94. The molecular formula is C10H14BrFN2O3S. The second-order valence-corrected chi connectivity index (χ2v) is 6.29. The molecule has 0 fully saturated rings. The van der Waals surface area contributed by atoms with Crippen LogP contribution in [-0.2, 0) is 14.8 Å². The largest absolute Gasteiger partial charge is 0.398 e. The molecule has 1 aromatic carbocycles. The number of rotatable bonds is 5. The van der Waals surface area contributed by atoms with Crippen molar-refractivity contribution in [2.24, 2.45) is 0 Å². The standard InChI is InChI=1S/C10H14BrFN2O3S/c1-6(17-2)5-14-18(15,16)10-4-9(13)7(11)3-8(10)12/h3-4,6,14H,5,13H2,1-2H3. The summed E-state index contributed by atoms with van der Waals surface area (Å²) in [5.74, 6) is -0.867. The molecule has 1 rings (SSSR count). The summed E-state index contributed by atoms with van der Waals surface area (Å²) >= 11 is 3.02. The van der Waals surface area contributed by atoms with Gasteiger partial charge < -0.3 is 10.5 Å². The van der Waals surface area contributed by atoms with Gasteiger partial charge in [-0.3, -0.25) is 0 Å². The van der Waals surface area contributed by atoms with Gasteiger partial charge in [0.25, 0.3) is 0 Å². The normalized spacial score (nSPS) is 13.6. The number of nitrogens with two attached hydrogens (primary N) is 1. The first-order valence-electron chi connectivity index (χ1n) is 5.05. The third-order valence-corrected chi connectivity index (χ3v) is 4.43. The molecule has 1 unspecified atom stereocenters. The molecule has 0 aliphatic rings. The lowest BCUT2D eigenvalue weighted by atomic mass is 10.3. The summed E-state index contributed by atoms with van der Waals surface area (Å²) < 4.78 is 44.8. The number of benzene rings is 1. The van der Waals surface area contributed by atoms with Gasteiger partial charge in [0.2, 0.25) is 10.0 Å². The lowest BCUT2D eigenvalue weighted by molar-refractivity contribution is 0.122. The fourth-order valence-corrected chi connectivity index (χ4v) is 2.66. The SMILES string of the molecule is COC(C)CNS(=O)(=O)c1cc(N)c(Br)cc1F. The average Bonchev–Trinajstić information content (AvgIpc) is 2.30. The zero-order chi connectivity index (χ0) is 13.9. The molecule has 1 atom stereocenters. The molecule has 0 radical (unpaired) electrons. The lowest BCUT2D eigenvalue weighted by Crippen LogP contribution is -2.32. The van der Waals surface area contributed by atoms with Crippen LogP contribution in [0.5, 0.6) is 0 Å². The summed E-state index contributed by atoms with van der Waals surface area (Å²) in [6, 6.07) is 2.09. The molecule has 0 amide bonds. The topological polar surface area (TPSA) is 81.4 Å². The van der Waals surface area contributed by atoms with E-state index >= 15 is 0 Å². The molecule has 1 aromatic rings. The highest BCUT2D eigenvalue weighted by molar-refractivity contribution is 9.10. The molecule has 0 bridgehead atoms. The molecule has 0 spiro atoms. The van der Waals surface area contributed by atoms with Crippen LogP contribution in [0.2, 0.25) is 0 Å². The van der Waals surface area contributed by atoms with Crippen molar-refractivity contribution in [2.45, 2.75) is 17.9 Å². The van der Waals surface area contributed by atoms with Gasteiger partial charge >= 0.3 is 0 Å². The summed E-state index contributed by atoms with van der Waals surface area (Å²) in [6.07, 6.45) is -0.310. The van der Waals surface area contributed by atoms with E-state index in [-0.39, 0.29) is 18.3 Å². The number of hydrogen-bond donors (Lipinski definition) is 2. The van der Waals surface area contributed by atoms with E-state index in [0.717, 1.165) is 12.1 Å². The molecule has 0 saturated carbocycles. The summed E-state index contributed by atoms with van der Waals surface area (Å²) in [5.41, 5.74) is 5.69. The van der Waals surface area contributed by atoms with Crippen LogP contribution in [0, 0.1) is 5.82 Å². The maximum absolute atomic E-state index is 13.6. The maximum Gasteiger partial charge on any atom is 0.243 e. The van der Waals surface area contributed by atoms with Gasteiger partial charge in [-0.1, -0.05) is 0 Å². The van der Waals surface area contributed by atoms with Crippen molar-refractivity contribution in [2.75, 3.05) is 19.4 Å². The smallest absolute Gasteiger partial charge is 0.243 e. The maximum atomic E-state index is 13.6. The number of anilines is 1. The second kappa shape index (κ2) is 5.96. The molecule has 0 aromatic heterocycles. The van der Waals surface area contributed by atoms with Crippen LogP contribution >= 0.6 is 15.9 Å². The Labute approximate surface area is 114 Å². The zero-order valence-electron chi connectivity index (χ0n) is 9.91. The third-order valence-electron chi connectivity index (χ3n) is 2.30. The molecule has 0 saturated heterocycles. The van der Waals surface area contributed by atoms with Gasteiger partial charge in [0.15, 0.2) is 0 Å². The van der Waals surface area contributed by atoms with Crippen LogP contribution in [0.1, 0.15) is 6.92 Å².